The highest BCUT2D eigenvalue weighted by atomic mass is 31.2. The first-order chi connectivity index (χ1) is 14.7. The molecule has 0 amide bonds. The molecule has 5 aromatic carbocycles. The minimum absolute atomic E-state index is 0.615. The predicted octanol–water partition coefficient (Wildman–Crippen LogP) is 5.84. The summed E-state index contributed by atoms with van der Waals surface area (Å²) in [5.74, 6) is 2.59. The van der Waals surface area contributed by atoms with E-state index in [0.29, 0.717) is 28.3 Å². The molecule has 30 heavy (non-hydrogen) atoms. The molecule has 7 rings (SSSR count). The quantitative estimate of drug-likeness (QED) is 0.297. The summed E-state index contributed by atoms with van der Waals surface area (Å²) < 4.78 is 27.9. The first kappa shape index (κ1) is 16.3. The van der Waals surface area contributed by atoms with E-state index in [1.165, 1.54) is 0 Å². The highest BCUT2D eigenvalue weighted by molar-refractivity contribution is 7.86. The Morgan fingerprint density at radius 2 is 1.27 bits per heavy atom. The summed E-state index contributed by atoms with van der Waals surface area (Å²) in [5, 5.41) is 6.11. The van der Waals surface area contributed by atoms with E-state index in [-0.39, 0.29) is 0 Å². The smallest absolute Gasteiger partial charge is 0.185 e. The molecule has 1 unspecified atom stereocenters. The minimum atomic E-state index is -3.17. The summed E-state index contributed by atoms with van der Waals surface area (Å²) in [5.41, 5.74) is 0. The Morgan fingerprint density at radius 1 is 0.567 bits per heavy atom. The van der Waals surface area contributed by atoms with Gasteiger partial charge in [0.2, 0.25) is 0 Å². The molecule has 4 heteroatoms. The first-order valence-electron chi connectivity index (χ1n) is 9.89. The Labute approximate surface area is 172 Å². The molecule has 0 spiro atoms. The number of ether oxygens (including phenoxy) is 2. The predicted molar refractivity (Wildman–Crippen MR) is 121 cm³/mol. The van der Waals surface area contributed by atoms with Crippen LogP contribution < -0.4 is 25.4 Å². The second-order valence-corrected chi connectivity index (χ2v) is 10.3. The molecule has 0 fully saturated rings. The van der Waals surface area contributed by atoms with Gasteiger partial charge in [0, 0.05) is 10.8 Å². The van der Waals surface area contributed by atoms with Crippen LogP contribution in [0.4, 0.5) is 0 Å². The van der Waals surface area contributed by atoms with Gasteiger partial charge in [0.05, 0.1) is 10.6 Å². The maximum absolute atomic E-state index is 15.1. The lowest BCUT2D eigenvalue weighted by molar-refractivity contribution is 0.468. The molecule has 142 valence electrons. The van der Waals surface area contributed by atoms with Gasteiger partial charge in [0.25, 0.3) is 0 Å². The van der Waals surface area contributed by atoms with Crippen LogP contribution in [0.2, 0.25) is 0 Å². The van der Waals surface area contributed by atoms with Crippen LogP contribution in [0.1, 0.15) is 0 Å². The Hall–Kier alpha value is -3.55. The minimum Gasteiger partial charge on any atom is -0.456 e. The Morgan fingerprint density at radius 3 is 2.13 bits per heavy atom. The van der Waals surface area contributed by atoms with Crippen molar-refractivity contribution in [3.05, 3.63) is 91.0 Å². The van der Waals surface area contributed by atoms with Gasteiger partial charge in [-0.2, -0.15) is 0 Å². The van der Waals surface area contributed by atoms with Crippen LogP contribution in [0.5, 0.6) is 23.0 Å². The second-order valence-electron chi connectivity index (χ2n) is 7.69. The molecule has 2 aliphatic heterocycles. The van der Waals surface area contributed by atoms with Crippen LogP contribution in [0, 0.1) is 0 Å². The van der Waals surface area contributed by atoms with Gasteiger partial charge in [-0.1, -0.05) is 66.7 Å². The van der Waals surface area contributed by atoms with Crippen molar-refractivity contribution < 1.29 is 14.0 Å². The van der Waals surface area contributed by atoms with Crippen LogP contribution in [0.15, 0.2) is 91.0 Å². The third-order valence-corrected chi connectivity index (χ3v) is 9.21. The van der Waals surface area contributed by atoms with E-state index >= 15 is 4.57 Å². The summed E-state index contributed by atoms with van der Waals surface area (Å²) in [6, 6.07) is 29.7. The molecule has 1 atom stereocenters. The third-order valence-electron chi connectivity index (χ3n) is 6.08. The molecule has 5 aromatic rings. The number of hydrogen-bond donors (Lipinski definition) is 0. The Kier molecular flexibility index (Phi) is 3.00. The van der Waals surface area contributed by atoms with Crippen molar-refractivity contribution in [2.75, 3.05) is 0 Å². The zero-order valence-corrected chi connectivity index (χ0v) is 16.7. The number of fused-ring (bicyclic) bond motifs is 8. The lowest BCUT2D eigenvalue weighted by Crippen LogP contribution is -2.35. The molecule has 2 aliphatic rings. The molecular weight excluding hydrogens is 391 g/mol. The monoisotopic (exact) mass is 406 g/mol. The summed E-state index contributed by atoms with van der Waals surface area (Å²) >= 11 is 0. The van der Waals surface area contributed by atoms with Crippen molar-refractivity contribution in [1.29, 1.82) is 0 Å². The molecule has 0 aromatic heterocycles. The molecule has 0 saturated heterocycles. The SMILES string of the molecule is O=P12c3ccccc3Oc3cc4ccccc4c(c31)Oc1c2ccc2ccccc12. The first-order valence-corrected chi connectivity index (χ1v) is 11.6. The Bertz CT molecular complexity index is 1580. The summed E-state index contributed by atoms with van der Waals surface area (Å²) in [7, 11) is -3.17. The van der Waals surface area contributed by atoms with Crippen molar-refractivity contribution in [3.8, 4) is 23.0 Å². The highest BCUT2D eigenvalue weighted by Gasteiger charge is 2.47. The van der Waals surface area contributed by atoms with Crippen molar-refractivity contribution in [1.82, 2.24) is 0 Å². The van der Waals surface area contributed by atoms with E-state index in [1.807, 2.05) is 84.9 Å². The highest BCUT2D eigenvalue weighted by Crippen LogP contribution is 2.60. The van der Waals surface area contributed by atoms with Crippen molar-refractivity contribution in [2.24, 2.45) is 0 Å². The van der Waals surface area contributed by atoms with Crippen molar-refractivity contribution in [2.45, 2.75) is 0 Å². The largest absolute Gasteiger partial charge is 0.456 e. The van der Waals surface area contributed by atoms with Crippen LogP contribution in [0.3, 0.4) is 0 Å². The van der Waals surface area contributed by atoms with Gasteiger partial charge in [0.1, 0.15) is 28.3 Å². The van der Waals surface area contributed by atoms with Crippen LogP contribution in [-0.4, -0.2) is 0 Å². The average Bonchev–Trinajstić information content (AvgIpc) is 2.79. The molecule has 0 N–H and O–H groups in total. The molecular formula is C26H15O3P. The summed E-state index contributed by atoms with van der Waals surface area (Å²) in [6.07, 6.45) is 0. The number of benzene rings is 5. The van der Waals surface area contributed by atoms with E-state index < -0.39 is 7.14 Å². The molecule has 0 bridgehead atoms. The van der Waals surface area contributed by atoms with Gasteiger partial charge in [-0.15, -0.1) is 0 Å². The fourth-order valence-electron chi connectivity index (χ4n) is 4.74. The van der Waals surface area contributed by atoms with Gasteiger partial charge >= 0.3 is 0 Å². The number of rotatable bonds is 0. The van der Waals surface area contributed by atoms with Gasteiger partial charge in [-0.25, -0.2) is 0 Å². The molecule has 0 aliphatic carbocycles. The van der Waals surface area contributed by atoms with Gasteiger partial charge in [0.15, 0.2) is 7.14 Å². The fraction of sp³-hybridized carbons (Fsp3) is 0. The number of hydrogen-bond acceptors (Lipinski definition) is 3. The van der Waals surface area contributed by atoms with Gasteiger partial charge in [-0.05, 0) is 35.0 Å². The second kappa shape index (κ2) is 5.53. The molecule has 2 heterocycles. The summed E-state index contributed by atoms with van der Waals surface area (Å²) in [4.78, 5) is 0. The third kappa shape index (κ3) is 1.89. The van der Waals surface area contributed by atoms with Crippen LogP contribution in [-0.2, 0) is 4.57 Å². The lowest BCUT2D eigenvalue weighted by atomic mass is 10.1. The molecule has 3 nitrogen and oxygen atoms in total. The van der Waals surface area contributed by atoms with Gasteiger partial charge in [-0.3, -0.25) is 0 Å². The van der Waals surface area contributed by atoms with Gasteiger partial charge < -0.3 is 14.0 Å². The Balaban J connectivity index is 1.71. The normalized spacial score (nSPS) is 18.1. The molecule has 0 saturated carbocycles. The van der Waals surface area contributed by atoms with E-state index in [2.05, 4.69) is 6.07 Å². The zero-order chi connectivity index (χ0) is 19.9. The fourth-order valence-corrected chi connectivity index (χ4v) is 7.82. The maximum Gasteiger partial charge on any atom is 0.185 e. The van der Waals surface area contributed by atoms with E-state index in [9.17, 15) is 0 Å². The lowest BCUT2D eigenvalue weighted by Gasteiger charge is -2.35. The standard InChI is InChI=1S/C26H15O3P/c27-30-22-12-6-5-11-20(22)28-21-15-17-8-2-4-10-19(17)25(26(21)30)29-24-18-9-3-1-7-16(18)13-14-23(24)30/h1-15H. The van der Waals surface area contributed by atoms with Crippen LogP contribution >= 0.6 is 7.14 Å². The van der Waals surface area contributed by atoms with E-state index in [4.69, 9.17) is 9.47 Å². The summed E-state index contributed by atoms with van der Waals surface area (Å²) in [6.45, 7) is 0. The maximum atomic E-state index is 15.1. The zero-order valence-electron chi connectivity index (χ0n) is 15.8. The van der Waals surface area contributed by atoms with E-state index in [0.717, 1.165) is 32.2 Å². The average molecular weight is 406 g/mol. The topological polar surface area (TPSA) is 35.5 Å². The number of para-hydroxylation sites is 1. The van der Waals surface area contributed by atoms with E-state index in [1.54, 1.807) is 0 Å². The van der Waals surface area contributed by atoms with Crippen molar-refractivity contribution >= 4 is 44.6 Å². The molecule has 0 radical (unpaired) electrons. The van der Waals surface area contributed by atoms with Crippen LogP contribution in [0.25, 0.3) is 21.5 Å². The van der Waals surface area contributed by atoms with Crippen molar-refractivity contribution in [3.63, 3.8) is 0 Å².